The summed E-state index contributed by atoms with van der Waals surface area (Å²) in [4.78, 5) is 17.2. The Bertz CT molecular complexity index is 1210. The first-order valence-electron chi connectivity index (χ1n) is 10.4. The number of nitrogens with zero attached hydrogens (tertiary/aromatic N) is 2. The van der Waals surface area contributed by atoms with E-state index in [1.165, 1.54) is 11.3 Å². The van der Waals surface area contributed by atoms with Crippen LogP contribution in [0.3, 0.4) is 0 Å². The summed E-state index contributed by atoms with van der Waals surface area (Å²) in [6.45, 7) is 3.17. The molecule has 1 N–H and O–H groups in total. The molecule has 0 radical (unpaired) electrons. The smallest absolute Gasteiger partial charge is 0.243 e. The van der Waals surface area contributed by atoms with Crippen molar-refractivity contribution in [2.75, 3.05) is 18.4 Å². The maximum Gasteiger partial charge on any atom is 0.243 e. The Hall–Kier alpha value is -2.26. The molecule has 3 aromatic rings. The number of hydrogen-bond donors (Lipinski definition) is 1. The van der Waals surface area contributed by atoms with Gasteiger partial charge in [-0.05, 0) is 55.2 Å². The molecule has 2 heterocycles. The molecule has 1 aliphatic rings. The molecule has 0 spiro atoms. The van der Waals surface area contributed by atoms with Gasteiger partial charge in [0.25, 0.3) is 0 Å². The summed E-state index contributed by atoms with van der Waals surface area (Å²) < 4.78 is 27.3. The van der Waals surface area contributed by atoms with Gasteiger partial charge in [0.2, 0.25) is 15.9 Å². The van der Waals surface area contributed by atoms with Gasteiger partial charge in [-0.1, -0.05) is 30.7 Å². The quantitative estimate of drug-likeness (QED) is 0.524. The largest absolute Gasteiger partial charge is 0.326 e. The molecule has 1 unspecified atom stereocenters. The van der Waals surface area contributed by atoms with Crippen LogP contribution >= 0.6 is 22.9 Å². The number of anilines is 1. The van der Waals surface area contributed by atoms with E-state index in [1.807, 2.05) is 23.6 Å². The summed E-state index contributed by atoms with van der Waals surface area (Å²) in [5.74, 6) is 0.149. The standard InChI is InChI=1S/C23H24ClN3O3S2/c1-16-4-3-11-27(14-16)32(29,30)21-9-7-19(8-10-21)25-22(28)13-20-15-31-23(26-20)17-5-2-6-18(24)12-17/h2,5-10,12,15-16H,3-4,11,13-14H2,1H3,(H,25,28). The molecule has 168 valence electrons. The van der Waals surface area contributed by atoms with Gasteiger partial charge < -0.3 is 5.32 Å². The summed E-state index contributed by atoms with van der Waals surface area (Å²) in [6.07, 6.45) is 2.06. The Morgan fingerprint density at radius 1 is 1.25 bits per heavy atom. The van der Waals surface area contributed by atoms with Crippen LogP contribution in [-0.4, -0.2) is 36.7 Å². The first-order chi connectivity index (χ1) is 15.3. The van der Waals surface area contributed by atoms with Crippen LogP contribution in [0.2, 0.25) is 5.02 Å². The number of amides is 1. The molecule has 2 aromatic carbocycles. The zero-order valence-corrected chi connectivity index (χ0v) is 20.0. The maximum absolute atomic E-state index is 12.9. The molecule has 1 amide bonds. The number of benzene rings is 2. The maximum atomic E-state index is 12.9. The highest BCUT2D eigenvalue weighted by molar-refractivity contribution is 7.89. The number of halogens is 1. The van der Waals surface area contributed by atoms with Gasteiger partial charge in [-0.25, -0.2) is 13.4 Å². The van der Waals surface area contributed by atoms with Gasteiger partial charge in [0.05, 0.1) is 17.0 Å². The van der Waals surface area contributed by atoms with E-state index in [-0.39, 0.29) is 17.2 Å². The second-order valence-corrected chi connectivity index (χ2v) is 11.2. The van der Waals surface area contributed by atoms with Crippen LogP contribution in [0, 0.1) is 5.92 Å². The van der Waals surface area contributed by atoms with Gasteiger partial charge in [0.15, 0.2) is 0 Å². The highest BCUT2D eigenvalue weighted by atomic mass is 35.5. The van der Waals surface area contributed by atoms with E-state index in [2.05, 4.69) is 17.2 Å². The fourth-order valence-electron chi connectivity index (χ4n) is 3.74. The molecular formula is C23H24ClN3O3S2. The first-order valence-corrected chi connectivity index (χ1v) is 13.1. The fourth-order valence-corrected chi connectivity index (χ4v) is 6.34. The molecule has 1 fully saturated rings. The summed E-state index contributed by atoms with van der Waals surface area (Å²) in [5.41, 5.74) is 2.13. The summed E-state index contributed by atoms with van der Waals surface area (Å²) in [5, 5.41) is 6.10. The monoisotopic (exact) mass is 489 g/mol. The minimum Gasteiger partial charge on any atom is -0.326 e. The Labute approximate surface area is 197 Å². The average Bonchev–Trinajstić information content (AvgIpc) is 3.22. The number of aromatic nitrogens is 1. The molecular weight excluding hydrogens is 466 g/mol. The number of piperidine rings is 1. The molecule has 0 bridgehead atoms. The van der Waals surface area contributed by atoms with Gasteiger partial charge in [-0.15, -0.1) is 11.3 Å². The van der Waals surface area contributed by atoms with Crippen LogP contribution in [-0.2, 0) is 21.2 Å². The van der Waals surface area contributed by atoms with E-state index in [9.17, 15) is 13.2 Å². The lowest BCUT2D eigenvalue weighted by molar-refractivity contribution is -0.115. The predicted molar refractivity (Wildman–Crippen MR) is 128 cm³/mol. The van der Waals surface area contributed by atoms with Crippen molar-refractivity contribution in [2.45, 2.75) is 31.1 Å². The third-order valence-electron chi connectivity index (χ3n) is 5.36. The van der Waals surface area contributed by atoms with Crippen LogP contribution < -0.4 is 5.32 Å². The third kappa shape index (κ3) is 5.38. The fraction of sp³-hybridized carbons (Fsp3) is 0.304. The molecule has 0 saturated carbocycles. The molecule has 4 rings (SSSR count). The number of thiazole rings is 1. The van der Waals surface area contributed by atoms with Gasteiger partial charge in [-0.2, -0.15) is 4.31 Å². The van der Waals surface area contributed by atoms with Crippen LogP contribution in [0.1, 0.15) is 25.5 Å². The van der Waals surface area contributed by atoms with Gasteiger partial charge in [0.1, 0.15) is 5.01 Å². The van der Waals surface area contributed by atoms with E-state index < -0.39 is 10.0 Å². The Morgan fingerprint density at radius 2 is 2.03 bits per heavy atom. The molecule has 32 heavy (non-hydrogen) atoms. The molecule has 1 saturated heterocycles. The van der Waals surface area contributed by atoms with Crippen molar-refractivity contribution in [1.29, 1.82) is 0 Å². The Balaban J connectivity index is 1.38. The second kappa shape index (κ2) is 9.70. The minimum absolute atomic E-state index is 0.128. The van der Waals surface area contributed by atoms with Crippen LogP contribution in [0.25, 0.3) is 10.6 Å². The van der Waals surface area contributed by atoms with Crippen LogP contribution in [0.15, 0.2) is 58.8 Å². The normalized spacial score (nSPS) is 17.2. The highest BCUT2D eigenvalue weighted by Crippen LogP contribution is 2.27. The molecule has 0 aliphatic carbocycles. The van der Waals surface area contributed by atoms with Crippen molar-refractivity contribution >= 4 is 44.6 Å². The average molecular weight is 490 g/mol. The van der Waals surface area contributed by atoms with Crippen molar-refractivity contribution in [2.24, 2.45) is 5.92 Å². The highest BCUT2D eigenvalue weighted by Gasteiger charge is 2.28. The molecule has 1 atom stereocenters. The second-order valence-electron chi connectivity index (χ2n) is 8.01. The topological polar surface area (TPSA) is 79.4 Å². The van der Waals surface area contributed by atoms with Crippen molar-refractivity contribution in [1.82, 2.24) is 9.29 Å². The van der Waals surface area contributed by atoms with E-state index in [0.717, 1.165) is 23.4 Å². The van der Waals surface area contributed by atoms with Crippen molar-refractivity contribution < 1.29 is 13.2 Å². The van der Waals surface area contributed by atoms with Crippen LogP contribution in [0.4, 0.5) is 5.69 Å². The predicted octanol–water partition coefficient (Wildman–Crippen LogP) is 5.07. The Morgan fingerprint density at radius 3 is 2.75 bits per heavy atom. The Kier molecular flexibility index (Phi) is 6.95. The molecule has 6 nitrogen and oxygen atoms in total. The number of nitrogens with one attached hydrogen (secondary N) is 1. The van der Waals surface area contributed by atoms with Crippen molar-refractivity contribution in [3.8, 4) is 10.6 Å². The molecule has 1 aromatic heterocycles. The van der Waals surface area contributed by atoms with E-state index in [4.69, 9.17) is 11.6 Å². The van der Waals surface area contributed by atoms with E-state index in [0.29, 0.717) is 35.4 Å². The lowest BCUT2D eigenvalue weighted by Crippen LogP contribution is -2.39. The minimum atomic E-state index is -3.51. The van der Waals surface area contributed by atoms with Crippen LogP contribution in [0.5, 0.6) is 0 Å². The molecule has 1 aliphatic heterocycles. The summed E-state index contributed by atoms with van der Waals surface area (Å²) >= 11 is 7.50. The zero-order chi connectivity index (χ0) is 22.7. The number of carbonyl (C=O) groups excluding carboxylic acids is 1. The van der Waals surface area contributed by atoms with Gasteiger partial charge in [-0.3, -0.25) is 4.79 Å². The number of hydrogen-bond acceptors (Lipinski definition) is 5. The number of carbonyl (C=O) groups is 1. The summed E-state index contributed by atoms with van der Waals surface area (Å²) in [6, 6.07) is 13.8. The van der Waals surface area contributed by atoms with Crippen molar-refractivity contribution in [3.63, 3.8) is 0 Å². The number of rotatable bonds is 6. The third-order valence-corrected chi connectivity index (χ3v) is 8.42. The first kappa shape index (κ1) is 22.9. The number of sulfonamides is 1. The van der Waals surface area contributed by atoms with Gasteiger partial charge >= 0.3 is 0 Å². The lowest BCUT2D eigenvalue weighted by atomic mass is 10.0. The zero-order valence-electron chi connectivity index (χ0n) is 17.6. The van der Waals surface area contributed by atoms with Crippen molar-refractivity contribution in [3.05, 3.63) is 64.6 Å². The lowest BCUT2D eigenvalue weighted by Gasteiger charge is -2.30. The van der Waals surface area contributed by atoms with E-state index >= 15 is 0 Å². The van der Waals surface area contributed by atoms with E-state index in [1.54, 1.807) is 34.6 Å². The van der Waals surface area contributed by atoms with Gasteiger partial charge in [0, 0.05) is 34.7 Å². The summed E-state index contributed by atoms with van der Waals surface area (Å²) in [7, 11) is -3.51. The molecule has 9 heteroatoms. The SMILES string of the molecule is CC1CCCN(S(=O)(=O)c2ccc(NC(=O)Cc3csc(-c4cccc(Cl)c4)n3)cc2)C1.